The van der Waals surface area contributed by atoms with Gasteiger partial charge in [0.1, 0.15) is 5.60 Å². The maximum atomic E-state index is 12.9. The molecule has 0 bridgehead atoms. The van der Waals surface area contributed by atoms with E-state index in [1.165, 1.54) is 4.52 Å². The molecule has 2 aromatic heterocycles. The average molecular weight is 346 g/mol. The van der Waals surface area contributed by atoms with Crippen molar-refractivity contribution >= 4 is 11.6 Å². The lowest BCUT2D eigenvalue weighted by Gasteiger charge is -2.34. The minimum absolute atomic E-state index is 0.143. The fourth-order valence-corrected chi connectivity index (χ4v) is 3.60. The summed E-state index contributed by atoms with van der Waals surface area (Å²) in [6.45, 7) is 3.91. The first kappa shape index (κ1) is 16.4. The second-order valence-electron chi connectivity index (χ2n) is 6.88. The highest BCUT2D eigenvalue weighted by Crippen LogP contribution is 2.19. The predicted molar refractivity (Wildman–Crippen MR) is 88.1 cm³/mol. The van der Waals surface area contributed by atoms with Gasteiger partial charge in [0, 0.05) is 24.8 Å². The van der Waals surface area contributed by atoms with Crippen molar-refractivity contribution in [1.29, 1.82) is 0 Å². The summed E-state index contributed by atoms with van der Waals surface area (Å²) < 4.78 is 7.09. The molecule has 0 unspecified atom stereocenters. The molecule has 2 aliphatic rings. The summed E-state index contributed by atoms with van der Waals surface area (Å²) in [6.07, 6.45) is 3.98. The van der Waals surface area contributed by atoms with Crippen LogP contribution in [0.15, 0.2) is 18.3 Å². The number of carbonyl (C=O) groups excluding carboxylic acids is 1. The lowest BCUT2D eigenvalue weighted by molar-refractivity contribution is -0.0524. The fourth-order valence-electron chi connectivity index (χ4n) is 3.60. The topological polar surface area (TPSA) is 96.1 Å². The molecule has 9 heteroatoms. The van der Waals surface area contributed by atoms with Crippen LogP contribution in [0.25, 0.3) is 5.65 Å². The Labute approximate surface area is 145 Å². The van der Waals surface area contributed by atoms with Gasteiger partial charge in [-0.1, -0.05) is 0 Å². The zero-order chi connectivity index (χ0) is 17.3. The number of hydrogen-bond acceptors (Lipinski definition) is 7. The standard InChI is InChI=1S/C16H22N6O3/c23-15(13-3-6-22-14(9-13)17-18-19-22)21-7-8-25-12-16(24,11-21)10-20-4-1-2-5-20/h3,6,9,24H,1-2,4-5,7-8,10-12H2/t16-/m0/s1. The molecule has 0 saturated carbocycles. The van der Waals surface area contributed by atoms with Crippen molar-refractivity contribution in [3.8, 4) is 0 Å². The van der Waals surface area contributed by atoms with Crippen LogP contribution < -0.4 is 0 Å². The van der Waals surface area contributed by atoms with Gasteiger partial charge in [-0.05, 0) is 48.5 Å². The van der Waals surface area contributed by atoms with Crippen LogP contribution in [-0.4, -0.2) is 92.4 Å². The van der Waals surface area contributed by atoms with E-state index in [9.17, 15) is 9.90 Å². The van der Waals surface area contributed by atoms with Crippen LogP contribution in [0.3, 0.4) is 0 Å². The van der Waals surface area contributed by atoms with Crippen LogP contribution in [0.1, 0.15) is 23.2 Å². The third-order valence-electron chi connectivity index (χ3n) is 4.81. The predicted octanol–water partition coefficient (Wildman–Crippen LogP) is -0.576. The van der Waals surface area contributed by atoms with Gasteiger partial charge >= 0.3 is 0 Å². The molecule has 2 fully saturated rings. The van der Waals surface area contributed by atoms with E-state index in [0.717, 1.165) is 25.9 Å². The summed E-state index contributed by atoms with van der Waals surface area (Å²) in [5.41, 5.74) is -0.0196. The molecular formula is C16H22N6O3. The monoisotopic (exact) mass is 346 g/mol. The highest BCUT2D eigenvalue weighted by molar-refractivity contribution is 5.95. The van der Waals surface area contributed by atoms with Gasteiger partial charge in [-0.3, -0.25) is 4.79 Å². The number of likely N-dealkylation sites (tertiary alicyclic amines) is 1. The van der Waals surface area contributed by atoms with Crippen LogP contribution in [0, 0.1) is 0 Å². The largest absolute Gasteiger partial charge is 0.384 e. The quantitative estimate of drug-likeness (QED) is 0.794. The van der Waals surface area contributed by atoms with Crippen molar-refractivity contribution < 1.29 is 14.6 Å². The smallest absolute Gasteiger partial charge is 0.254 e. The Hall–Kier alpha value is -2.10. The number of nitrogens with zero attached hydrogens (tertiary/aromatic N) is 6. The van der Waals surface area contributed by atoms with E-state index in [-0.39, 0.29) is 19.1 Å². The molecule has 2 aromatic rings. The highest BCUT2D eigenvalue weighted by atomic mass is 16.5. The minimum Gasteiger partial charge on any atom is -0.384 e. The number of pyridine rings is 1. The van der Waals surface area contributed by atoms with Crippen molar-refractivity contribution in [2.24, 2.45) is 0 Å². The molecular weight excluding hydrogens is 324 g/mol. The zero-order valence-corrected chi connectivity index (χ0v) is 14.0. The second kappa shape index (κ2) is 6.66. The molecule has 25 heavy (non-hydrogen) atoms. The van der Waals surface area contributed by atoms with Crippen molar-refractivity contribution in [2.75, 3.05) is 45.9 Å². The molecule has 0 aromatic carbocycles. The number of fused-ring (bicyclic) bond motifs is 1. The van der Waals surface area contributed by atoms with Crippen molar-refractivity contribution in [2.45, 2.75) is 18.4 Å². The van der Waals surface area contributed by atoms with Crippen LogP contribution >= 0.6 is 0 Å². The fraction of sp³-hybridized carbons (Fsp3) is 0.625. The number of ether oxygens (including phenoxy) is 1. The lowest BCUT2D eigenvalue weighted by Crippen LogP contribution is -2.53. The van der Waals surface area contributed by atoms with Gasteiger partial charge in [0.05, 0.1) is 19.8 Å². The van der Waals surface area contributed by atoms with Crippen LogP contribution in [0.2, 0.25) is 0 Å². The van der Waals surface area contributed by atoms with E-state index in [1.54, 1.807) is 23.2 Å². The molecule has 0 spiro atoms. The molecule has 4 heterocycles. The minimum atomic E-state index is -1.04. The van der Waals surface area contributed by atoms with Gasteiger partial charge in [-0.2, -0.15) is 0 Å². The average Bonchev–Trinajstić information content (AvgIpc) is 3.23. The van der Waals surface area contributed by atoms with E-state index >= 15 is 0 Å². The van der Waals surface area contributed by atoms with E-state index in [1.807, 2.05) is 0 Å². The summed E-state index contributed by atoms with van der Waals surface area (Å²) in [5, 5.41) is 22.3. The van der Waals surface area contributed by atoms with E-state index in [0.29, 0.717) is 30.9 Å². The Morgan fingerprint density at radius 1 is 1.32 bits per heavy atom. The summed E-state index contributed by atoms with van der Waals surface area (Å²) >= 11 is 0. The molecule has 9 nitrogen and oxygen atoms in total. The number of carbonyl (C=O) groups is 1. The Morgan fingerprint density at radius 3 is 3.00 bits per heavy atom. The summed E-state index contributed by atoms with van der Waals surface area (Å²) in [5.74, 6) is -0.143. The van der Waals surface area contributed by atoms with Gasteiger partial charge in [0.15, 0.2) is 5.65 Å². The first-order valence-electron chi connectivity index (χ1n) is 8.63. The van der Waals surface area contributed by atoms with Crippen molar-refractivity contribution in [3.63, 3.8) is 0 Å². The van der Waals surface area contributed by atoms with E-state index in [4.69, 9.17) is 4.74 Å². The van der Waals surface area contributed by atoms with Gasteiger partial charge in [0.2, 0.25) is 0 Å². The second-order valence-corrected chi connectivity index (χ2v) is 6.88. The van der Waals surface area contributed by atoms with E-state index < -0.39 is 5.60 Å². The first-order chi connectivity index (χ1) is 12.1. The molecule has 2 aliphatic heterocycles. The molecule has 0 radical (unpaired) electrons. The molecule has 2 saturated heterocycles. The number of aromatic nitrogens is 4. The number of tetrazole rings is 1. The highest BCUT2D eigenvalue weighted by Gasteiger charge is 2.36. The Kier molecular flexibility index (Phi) is 4.36. The van der Waals surface area contributed by atoms with Crippen LogP contribution in [0.5, 0.6) is 0 Å². The molecule has 1 amide bonds. The van der Waals surface area contributed by atoms with Crippen molar-refractivity contribution in [3.05, 3.63) is 23.9 Å². The lowest BCUT2D eigenvalue weighted by atomic mass is 10.0. The third-order valence-corrected chi connectivity index (χ3v) is 4.81. The van der Waals surface area contributed by atoms with Gasteiger partial charge in [-0.15, -0.1) is 5.10 Å². The molecule has 0 aliphatic carbocycles. The Bertz CT molecular complexity index is 759. The molecule has 134 valence electrons. The van der Waals surface area contributed by atoms with Gasteiger partial charge in [0.25, 0.3) is 5.91 Å². The maximum absolute atomic E-state index is 12.9. The number of amides is 1. The molecule has 1 N–H and O–H groups in total. The Balaban J connectivity index is 1.52. The molecule has 4 rings (SSSR count). The third kappa shape index (κ3) is 3.48. The molecule has 1 atom stereocenters. The number of β-amino-alcohol motifs (C(OH)–C–C–N with tert-alkyl or cyclic N) is 1. The summed E-state index contributed by atoms with van der Waals surface area (Å²) in [4.78, 5) is 16.8. The number of rotatable bonds is 3. The van der Waals surface area contributed by atoms with Crippen LogP contribution in [0.4, 0.5) is 0 Å². The SMILES string of the molecule is O=C(c1ccn2nnnc2c1)N1CCOC[C@](O)(CN2CCCC2)C1. The van der Waals surface area contributed by atoms with Gasteiger partial charge < -0.3 is 19.6 Å². The van der Waals surface area contributed by atoms with E-state index in [2.05, 4.69) is 20.4 Å². The van der Waals surface area contributed by atoms with Gasteiger partial charge in [-0.25, -0.2) is 4.52 Å². The first-order valence-corrected chi connectivity index (χ1v) is 8.63. The van der Waals surface area contributed by atoms with Crippen LogP contribution in [-0.2, 0) is 4.74 Å². The van der Waals surface area contributed by atoms with Crippen molar-refractivity contribution in [1.82, 2.24) is 29.8 Å². The Morgan fingerprint density at radius 2 is 2.16 bits per heavy atom. The normalized spacial score (nSPS) is 25.4. The number of aliphatic hydroxyl groups is 1. The summed E-state index contributed by atoms with van der Waals surface area (Å²) in [6, 6.07) is 3.35. The maximum Gasteiger partial charge on any atom is 0.254 e. The summed E-state index contributed by atoms with van der Waals surface area (Å²) in [7, 11) is 0. The zero-order valence-electron chi connectivity index (χ0n) is 14.0. The number of hydrogen-bond donors (Lipinski definition) is 1.